The van der Waals surface area contributed by atoms with Crippen molar-refractivity contribution < 1.29 is 17.9 Å². The van der Waals surface area contributed by atoms with Crippen LogP contribution in [0.15, 0.2) is 41.0 Å². The Morgan fingerprint density at radius 2 is 2.05 bits per heavy atom. The van der Waals surface area contributed by atoms with Gasteiger partial charge < -0.3 is 15.0 Å². The molecule has 0 saturated carbocycles. The molecule has 7 heteroatoms. The molecule has 0 saturated heterocycles. The molecule has 3 nitrogen and oxygen atoms in total. The third-order valence-corrected chi connectivity index (χ3v) is 2.79. The van der Waals surface area contributed by atoms with Gasteiger partial charge in [0.2, 0.25) is 0 Å². The summed E-state index contributed by atoms with van der Waals surface area (Å²) in [6.45, 7) is 0.378. The van der Waals surface area contributed by atoms with E-state index >= 15 is 0 Å². The Bertz CT molecular complexity index is 540. The van der Waals surface area contributed by atoms with Gasteiger partial charge >= 0.3 is 6.36 Å². The van der Waals surface area contributed by atoms with Crippen molar-refractivity contribution in [3.63, 3.8) is 0 Å². The predicted octanol–water partition coefficient (Wildman–Crippen LogP) is 4.29. The summed E-state index contributed by atoms with van der Waals surface area (Å²) in [7, 11) is 0. The second-order valence-electron chi connectivity index (χ2n) is 3.74. The van der Waals surface area contributed by atoms with E-state index in [0.717, 1.165) is 5.69 Å². The lowest BCUT2D eigenvalue weighted by Crippen LogP contribution is -2.18. The van der Waals surface area contributed by atoms with E-state index in [1.165, 1.54) is 12.1 Å². The second kappa shape index (κ2) is 5.56. The summed E-state index contributed by atoms with van der Waals surface area (Å²) in [4.78, 5) is 2.95. The SMILES string of the molecule is FC(F)(F)Oc1cc(Br)ccc1NCc1ccc[nH]1. The lowest BCUT2D eigenvalue weighted by molar-refractivity contribution is -0.274. The van der Waals surface area contributed by atoms with E-state index in [2.05, 4.69) is 31.0 Å². The molecule has 0 bridgehead atoms. The Morgan fingerprint density at radius 3 is 2.68 bits per heavy atom. The highest BCUT2D eigenvalue weighted by molar-refractivity contribution is 9.10. The topological polar surface area (TPSA) is 37.0 Å². The molecular weight excluding hydrogens is 325 g/mol. The molecule has 0 aliphatic heterocycles. The quantitative estimate of drug-likeness (QED) is 0.875. The van der Waals surface area contributed by atoms with Crippen molar-refractivity contribution in [2.24, 2.45) is 0 Å². The molecule has 0 radical (unpaired) electrons. The van der Waals surface area contributed by atoms with Crippen molar-refractivity contribution in [3.8, 4) is 5.75 Å². The highest BCUT2D eigenvalue weighted by Crippen LogP contribution is 2.33. The molecule has 1 aromatic heterocycles. The fraction of sp³-hybridized carbons (Fsp3) is 0.167. The van der Waals surface area contributed by atoms with Gasteiger partial charge in [-0.3, -0.25) is 0 Å². The Hall–Kier alpha value is -1.63. The van der Waals surface area contributed by atoms with E-state index in [4.69, 9.17) is 0 Å². The van der Waals surface area contributed by atoms with Gasteiger partial charge in [0.15, 0.2) is 5.75 Å². The number of aromatic amines is 1. The second-order valence-corrected chi connectivity index (χ2v) is 4.65. The van der Waals surface area contributed by atoms with Crippen LogP contribution in [0, 0.1) is 0 Å². The molecule has 0 aliphatic rings. The zero-order chi connectivity index (χ0) is 13.9. The lowest BCUT2D eigenvalue weighted by atomic mass is 10.3. The van der Waals surface area contributed by atoms with E-state index in [-0.39, 0.29) is 11.4 Å². The van der Waals surface area contributed by atoms with Gasteiger partial charge in [-0.1, -0.05) is 15.9 Å². The van der Waals surface area contributed by atoms with E-state index in [9.17, 15) is 13.2 Å². The first-order chi connectivity index (χ1) is 8.94. The van der Waals surface area contributed by atoms with E-state index in [1.807, 2.05) is 12.1 Å². The van der Waals surface area contributed by atoms with Crippen molar-refractivity contribution in [3.05, 3.63) is 46.7 Å². The van der Waals surface area contributed by atoms with Crippen molar-refractivity contribution in [1.82, 2.24) is 4.98 Å². The number of alkyl halides is 3. The summed E-state index contributed by atoms with van der Waals surface area (Å²) in [6, 6.07) is 8.07. The van der Waals surface area contributed by atoms with Gasteiger partial charge in [0.1, 0.15) is 0 Å². The van der Waals surface area contributed by atoms with Crippen LogP contribution in [0.25, 0.3) is 0 Å². The van der Waals surface area contributed by atoms with Gasteiger partial charge in [-0.25, -0.2) is 0 Å². The minimum atomic E-state index is -4.72. The van der Waals surface area contributed by atoms with Gasteiger partial charge in [-0.2, -0.15) is 0 Å². The molecule has 0 unspecified atom stereocenters. The summed E-state index contributed by atoms with van der Waals surface area (Å²) >= 11 is 3.11. The Kier molecular flexibility index (Phi) is 4.04. The van der Waals surface area contributed by atoms with Crippen LogP contribution in [0.1, 0.15) is 5.69 Å². The summed E-state index contributed by atoms with van der Waals surface area (Å²) < 4.78 is 41.4. The highest BCUT2D eigenvalue weighted by Gasteiger charge is 2.32. The first kappa shape index (κ1) is 13.8. The molecule has 2 N–H and O–H groups in total. The van der Waals surface area contributed by atoms with Crippen LogP contribution in [0.3, 0.4) is 0 Å². The third kappa shape index (κ3) is 4.20. The highest BCUT2D eigenvalue weighted by atomic mass is 79.9. The largest absolute Gasteiger partial charge is 0.573 e. The maximum Gasteiger partial charge on any atom is 0.573 e. The number of H-pyrrole nitrogens is 1. The number of hydrogen-bond donors (Lipinski definition) is 2. The van der Waals surface area contributed by atoms with Crippen LogP contribution in [0.5, 0.6) is 5.75 Å². The minimum Gasteiger partial charge on any atom is -0.404 e. The standard InChI is InChI=1S/C12H10BrF3N2O/c13-8-3-4-10(11(6-8)19-12(14,15)16)18-7-9-2-1-5-17-9/h1-6,17-18H,7H2. The van der Waals surface area contributed by atoms with Crippen molar-refractivity contribution in [2.45, 2.75) is 12.9 Å². The van der Waals surface area contributed by atoms with E-state index < -0.39 is 6.36 Å². The monoisotopic (exact) mass is 334 g/mol. The molecule has 2 rings (SSSR count). The zero-order valence-electron chi connectivity index (χ0n) is 9.59. The van der Waals surface area contributed by atoms with Gasteiger partial charge in [0, 0.05) is 16.4 Å². The fourth-order valence-electron chi connectivity index (χ4n) is 1.52. The molecule has 19 heavy (non-hydrogen) atoms. The molecule has 0 spiro atoms. The summed E-state index contributed by atoms with van der Waals surface area (Å²) in [5.74, 6) is -0.270. The number of anilines is 1. The zero-order valence-corrected chi connectivity index (χ0v) is 11.2. The first-order valence-corrected chi connectivity index (χ1v) is 6.15. The van der Waals surface area contributed by atoms with Gasteiger partial charge in [-0.05, 0) is 30.3 Å². The number of nitrogens with one attached hydrogen (secondary N) is 2. The van der Waals surface area contributed by atoms with Crippen LogP contribution >= 0.6 is 15.9 Å². The van der Waals surface area contributed by atoms with Crippen molar-refractivity contribution in [2.75, 3.05) is 5.32 Å². The van der Waals surface area contributed by atoms with Gasteiger partial charge in [0.25, 0.3) is 0 Å². The smallest absolute Gasteiger partial charge is 0.404 e. The number of rotatable bonds is 4. The number of hydrogen-bond acceptors (Lipinski definition) is 2. The van der Waals surface area contributed by atoms with Gasteiger partial charge in [-0.15, -0.1) is 13.2 Å². The molecule has 0 aliphatic carbocycles. The molecule has 102 valence electrons. The average Bonchev–Trinajstić information content (AvgIpc) is 2.78. The van der Waals surface area contributed by atoms with Crippen LogP contribution in [0.2, 0.25) is 0 Å². The van der Waals surface area contributed by atoms with Crippen LogP contribution < -0.4 is 10.1 Å². The molecule has 1 heterocycles. The van der Waals surface area contributed by atoms with Crippen LogP contribution in [-0.2, 0) is 6.54 Å². The molecule has 1 aromatic carbocycles. The molecule has 0 amide bonds. The third-order valence-electron chi connectivity index (χ3n) is 2.30. The number of benzene rings is 1. The minimum absolute atomic E-state index is 0.270. The number of aromatic nitrogens is 1. The average molecular weight is 335 g/mol. The van der Waals surface area contributed by atoms with Crippen LogP contribution in [-0.4, -0.2) is 11.3 Å². The van der Waals surface area contributed by atoms with Gasteiger partial charge in [0.05, 0.1) is 12.2 Å². The summed E-state index contributed by atoms with van der Waals surface area (Å²) in [5.41, 5.74) is 1.14. The van der Waals surface area contributed by atoms with Crippen molar-refractivity contribution in [1.29, 1.82) is 0 Å². The summed E-state index contributed by atoms with van der Waals surface area (Å²) in [6.07, 6.45) is -2.98. The molecular formula is C12H10BrF3N2O. The fourth-order valence-corrected chi connectivity index (χ4v) is 1.86. The Balaban J connectivity index is 2.14. The molecule has 2 aromatic rings. The maximum atomic E-state index is 12.3. The van der Waals surface area contributed by atoms with E-state index in [1.54, 1.807) is 12.3 Å². The lowest BCUT2D eigenvalue weighted by Gasteiger charge is -2.14. The van der Waals surface area contributed by atoms with E-state index in [0.29, 0.717) is 11.0 Å². The summed E-state index contributed by atoms with van der Waals surface area (Å²) in [5, 5.41) is 2.89. The normalized spacial score (nSPS) is 11.4. The number of halogens is 4. The van der Waals surface area contributed by atoms with Crippen molar-refractivity contribution >= 4 is 21.6 Å². The maximum absolute atomic E-state index is 12.3. The molecule has 0 fully saturated rings. The molecule has 0 atom stereocenters. The number of ether oxygens (including phenoxy) is 1. The Labute approximate surface area is 115 Å². The predicted molar refractivity (Wildman–Crippen MR) is 68.9 cm³/mol. The van der Waals surface area contributed by atoms with Crippen LogP contribution in [0.4, 0.5) is 18.9 Å². The Morgan fingerprint density at radius 1 is 1.26 bits per heavy atom. The first-order valence-electron chi connectivity index (χ1n) is 5.35.